The SMILES string of the molecule is CN(C)c1ncc(-c2cccc(C[C@H](N)C(=O)N(C(=O)C3CCC(CN)CC3)c3ccc4c(=O)[nH][nH]c4c3)c2)cn1.Cl. The van der Waals surface area contributed by atoms with Crippen LogP contribution in [0.1, 0.15) is 31.2 Å². The summed E-state index contributed by atoms with van der Waals surface area (Å²) in [7, 11) is 3.76. The maximum Gasteiger partial charge on any atom is 0.271 e. The van der Waals surface area contributed by atoms with Crippen molar-refractivity contribution in [2.45, 2.75) is 38.1 Å². The average molecular weight is 593 g/mol. The molecule has 1 atom stereocenters. The van der Waals surface area contributed by atoms with E-state index in [4.69, 9.17) is 11.5 Å². The lowest BCUT2D eigenvalue weighted by molar-refractivity contribution is -0.130. The highest BCUT2D eigenvalue weighted by molar-refractivity contribution is 6.17. The Labute approximate surface area is 250 Å². The lowest BCUT2D eigenvalue weighted by Crippen LogP contribution is -2.50. The molecule has 5 rings (SSSR count). The van der Waals surface area contributed by atoms with Gasteiger partial charge in [0.05, 0.1) is 22.6 Å². The molecule has 2 heterocycles. The Hall–Kier alpha value is -4.06. The van der Waals surface area contributed by atoms with Crippen LogP contribution in [-0.2, 0) is 16.0 Å². The molecular formula is C30H37ClN8O3. The zero-order valence-corrected chi connectivity index (χ0v) is 24.6. The van der Waals surface area contributed by atoms with Crippen molar-refractivity contribution in [1.29, 1.82) is 0 Å². The predicted molar refractivity (Wildman–Crippen MR) is 167 cm³/mol. The monoisotopic (exact) mass is 592 g/mol. The van der Waals surface area contributed by atoms with Gasteiger partial charge < -0.3 is 16.4 Å². The van der Waals surface area contributed by atoms with Gasteiger partial charge in [0.2, 0.25) is 11.9 Å². The van der Waals surface area contributed by atoms with Crippen molar-refractivity contribution in [3.8, 4) is 11.1 Å². The summed E-state index contributed by atoms with van der Waals surface area (Å²) in [6.07, 6.45) is 6.77. The van der Waals surface area contributed by atoms with Crippen LogP contribution in [-0.4, -0.2) is 58.7 Å². The summed E-state index contributed by atoms with van der Waals surface area (Å²) >= 11 is 0. The molecule has 42 heavy (non-hydrogen) atoms. The van der Waals surface area contributed by atoms with Crippen LogP contribution in [0.4, 0.5) is 11.6 Å². The Morgan fingerprint density at radius 2 is 1.71 bits per heavy atom. The minimum atomic E-state index is -0.970. The van der Waals surface area contributed by atoms with E-state index in [1.165, 1.54) is 4.90 Å². The molecule has 0 unspecified atom stereocenters. The fraction of sp³-hybridized carbons (Fsp3) is 0.367. The van der Waals surface area contributed by atoms with Gasteiger partial charge in [0.1, 0.15) is 0 Å². The molecule has 0 saturated heterocycles. The molecule has 0 aliphatic heterocycles. The Kier molecular flexibility index (Phi) is 9.77. The first-order valence-corrected chi connectivity index (χ1v) is 13.9. The van der Waals surface area contributed by atoms with E-state index in [1.807, 2.05) is 43.3 Å². The number of carbonyl (C=O) groups is 2. The van der Waals surface area contributed by atoms with Gasteiger partial charge in [0.15, 0.2) is 0 Å². The summed E-state index contributed by atoms with van der Waals surface area (Å²) in [5.41, 5.74) is 15.6. The van der Waals surface area contributed by atoms with E-state index in [0.717, 1.165) is 29.5 Å². The summed E-state index contributed by atoms with van der Waals surface area (Å²) in [5, 5.41) is 5.80. The standard InChI is InChI=1S/C30H36N8O3.ClH/c1-37(2)30-33-16-22(17-34-30)21-5-3-4-19(12-21)13-25(32)29(41)38(28(40)20-8-6-18(15-31)7-9-20)23-10-11-24-26(14-23)35-36-27(24)39;/h3-5,10-12,14,16-18,20,25H,6-9,13,15,31-32H2,1-2H3,(H2,35,36,39);1H/t18?,20?,25-;/m0./s1. The van der Waals surface area contributed by atoms with E-state index in [9.17, 15) is 14.4 Å². The lowest BCUT2D eigenvalue weighted by atomic mass is 9.81. The largest absolute Gasteiger partial charge is 0.347 e. The first-order valence-electron chi connectivity index (χ1n) is 13.9. The molecule has 6 N–H and O–H groups in total. The van der Waals surface area contributed by atoms with Gasteiger partial charge in [0.25, 0.3) is 11.5 Å². The zero-order chi connectivity index (χ0) is 29.1. The minimum absolute atomic E-state index is 0. The number of amides is 2. The Balaban J connectivity index is 0.00000405. The van der Waals surface area contributed by atoms with Crippen molar-refractivity contribution in [3.05, 3.63) is 70.8 Å². The van der Waals surface area contributed by atoms with Crippen LogP contribution in [0.5, 0.6) is 0 Å². The second-order valence-electron chi connectivity index (χ2n) is 11.0. The van der Waals surface area contributed by atoms with E-state index in [2.05, 4.69) is 20.2 Å². The summed E-state index contributed by atoms with van der Waals surface area (Å²) < 4.78 is 0. The van der Waals surface area contributed by atoms with Crippen molar-refractivity contribution in [2.75, 3.05) is 30.4 Å². The molecule has 4 aromatic rings. The molecule has 222 valence electrons. The maximum atomic E-state index is 13.9. The van der Waals surface area contributed by atoms with Gasteiger partial charge in [-0.3, -0.25) is 24.6 Å². The number of carbonyl (C=O) groups excluding carboxylic acids is 2. The van der Waals surface area contributed by atoms with Gasteiger partial charge in [0, 0.05) is 38.0 Å². The van der Waals surface area contributed by atoms with Crippen LogP contribution in [0.3, 0.4) is 0 Å². The molecule has 2 amide bonds. The van der Waals surface area contributed by atoms with Crippen LogP contribution in [0.15, 0.2) is 59.7 Å². The molecule has 0 radical (unpaired) electrons. The molecule has 2 aromatic heterocycles. The normalized spacial score (nSPS) is 17.3. The topological polar surface area (TPSA) is 167 Å². The van der Waals surface area contributed by atoms with E-state index in [1.54, 1.807) is 30.6 Å². The predicted octanol–water partition coefficient (Wildman–Crippen LogP) is 3.00. The third-order valence-corrected chi connectivity index (χ3v) is 7.86. The van der Waals surface area contributed by atoms with E-state index in [-0.39, 0.29) is 36.2 Å². The summed E-state index contributed by atoms with van der Waals surface area (Å²) in [4.78, 5) is 51.6. The number of aromatic nitrogens is 4. The number of nitrogens with two attached hydrogens (primary N) is 2. The molecule has 0 spiro atoms. The highest BCUT2D eigenvalue weighted by Gasteiger charge is 2.35. The molecule has 12 heteroatoms. The third kappa shape index (κ3) is 6.53. The molecule has 2 aromatic carbocycles. The van der Waals surface area contributed by atoms with Crippen molar-refractivity contribution >= 4 is 46.8 Å². The summed E-state index contributed by atoms with van der Waals surface area (Å²) in [6.45, 7) is 0.594. The molecule has 11 nitrogen and oxygen atoms in total. The van der Waals surface area contributed by atoms with Crippen molar-refractivity contribution in [2.24, 2.45) is 23.3 Å². The van der Waals surface area contributed by atoms with Gasteiger partial charge in [-0.1, -0.05) is 24.3 Å². The fourth-order valence-electron chi connectivity index (χ4n) is 5.44. The molecule has 1 aliphatic carbocycles. The van der Waals surface area contributed by atoms with Crippen LogP contribution in [0.2, 0.25) is 0 Å². The number of aromatic amines is 2. The van der Waals surface area contributed by atoms with E-state index in [0.29, 0.717) is 47.8 Å². The summed E-state index contributed by atoms with van der Waals surface area (Å²) in [6, 6.07) is 11.6. The first-order chi connectivity index (χ1) is 19.7. The number of fused-ring (bicyclic) bond motifs is 1. The molecule has 0 bridgehead atoms. The average Bonchev–Trinajstić information content (AvgIpc) is 3.37. The molecular weight excluding hydrogens is 556 g/mol. The number of halogens is 1. The van der Waals surface area contributed by atoms with Crippen LogP contribution >= 0.6 is 12.4 Å². The van der Waals surface area contributed by atoms with Crippen LogP contribution in [0.25, 0.3) is 22.0 Å². The highest BCUT2D eigenvalue weighted by atomic mass is 35.5. The van der Waals surface area contributed by atoms with Gasteiger partial charge in [-0.15, -0.1) is 12.4 Å². The van der Waals surface area contributed by atoms with Crippen LogP contribution in [0, 0.1) is 11.8 Å². The molecule has 1 saturated carbocycles. The number of H-pyrrole nitrogens is 2. The number of anilines is 2. The second kappa shape index (κ2) is 13.3. The first kappa shape index (κ1) is 30.9. The number of imide groups is 1. The number of rotatable bonds is 8. The number of hydrogen-bond donors (Lipinski definition) is 4. The number of benzene rings is 2. The van der Waals surface area contributed by atoms with Crippen molar-refractivity contribution in [3.63, 3.8) is 0 Å². The number of nitrogens with zero attached hydrogens (tertiary/aromatic N) is 4. The van der Waals surface area contributed by atoms with Gasteiger partial charge in [-0.25, -0.2) is 14.9 Å². The minimum Gasteiger partial charge on any atom is -0.347 e. The quantitative estimate of drug-likeness (QED) is 0.242. The van der Waals surface area contributed by atoms with E-state index >= 15 is 0 Å². The Morgan fingerprint density at radius 3 is 2.38 bits per heavy atom. The Bertz CT molecular complexity index is 1590. The molecule has 1 fully saturated rings. The van der Waals surface area contributed by atoms with Gasteiger partial charge in [-0.05, 0) is 73.9 Å². The van der Waals surface area contributed by atoms with Crippen LogP contribution < -0.4 is 26.8 Å². The second-order valence-corrected chi connectivity index (χ2v) is 11.0. The zero-order valence-electron chi connectivity index (χ0n) is 23.7. The number of hydrogen-bond acceptors (Lipinski definition) is 8. The van der Waals surface area contributed by atoms with Crippen molar-refractivity contribution in [1.82, 2.24) is 20.2 Å². The van der Waals surface area contributed by atoms with Gasteiger partial charge >= 0.3 is 0 Å². The van der Waals surface area contributed by atoms with Crippen molar-refractivity contribution < 1.29 is 9.59 Å². The fourth-order valence-corrected chi connectivity index (χ4v) is 5.44. The smallest absolute Gasteiger partial charge is 0.271 e. The van der Waals surface area contributed by atoms with Gasteiger partial charge in [-0.2, -0.15) is 0 Å². The summed E-state index contributed by atoms with van der Waals surface area (Å²) in [5.74, 6) is -0.0603. The number of nitrogens with one attached hydrogen (secondary N) is 2. The third-order valence-electron chi connectivity index (χ3n) is 7.86. The van der Waals surface area contributed by atoms with E-state index < -0.39 is 11.9 Å². The Morgan fingerprint density at radius 1 is 1.00 bits per heavy atom. The maximum absolute atomic E-state index is 13.9. The highest BCUT2D eigenvalue weighted by Crippen LogP contribution is 2.32. The lowest BCUT2D eigenvalue weighted by Gasteiger charge is -2.32. The molecule has 1 aliphatic rings.